The van der Waals surface area contributed by atoms with E-state index in [-0.39, 0.29) is 17.1 Å². The van der Waals surface area contributed by atoms with Crippen LogP contribution in [0.1, 0.15) is 16.1 Å². The first-order valence-electron chi connectivity index (χ1n) is 4.19. The molecule has 0 aromatic carbocycles. The second kappa shape index (κ2) is 4.03. The fraction of sp³-hybridized carbons (Fsp3) is 0.500. The first-order chi connectivity index (χ1) is 7.22. The van der Waals surface area contributed by atoms with Gasteiger partial charge < -0.3 is 9.84 Å². The molecular formula is C8H9F3N2O3. The molecule has 0 spiro atoms. The number of nitrogens with zero attached hydrogens (tertiary/aromatic N) is 2. The molecule has 0 bridgehead atoms. The molecule has 1 aromatic rings. The lowest BCUT2D eigenvalue weighted by molar-refractivity contribution is -0.154. The fourth-order valence-corrected chi connectivity index (χ4v) is 1.19. The Balaban J connectivity index is 2.91. The van der Waals surface area contributed by atoms with Gasteiger partial charge in [-0.3, -0.25) is 4.68 Å². The zero-order valence-electron chi connectivity index (χ0n) is 8.50. The molecule has 0 amide bonds. The summed E-state index contributed by atoms with van der Waals surface area (Å²) in [5.74, 6) is -1.59. The summed E-state index contributed by atoms with van der Waals surface area (Å²) in [6.07, 6.45) is -4.48. The Bertz CT molecular complexity index is 411. The van der Waals surface area contributed by atoms with E-state index in [1.54, 1.807) is 0 Å². The van der Waals surface area contributed by atoms with Gasteiger partial charge in [-0.2, -0.15) is 13.2 Å². The molecule has 1 aromatic heterocycles. The van der Waals surface area contributed by atoms with Gasteiger partial charge in [0.25, 0.3) is 0 Å². The van der Waals surface area contributed by atoms with Gasteiger partial charge in [-0.1, -0.05) is 0 Å². The number of ether oxygens (including phenoxy) is 1. The fourth-order valence-electron chi connectivity index (χ4n) is 1.19. The maximum Gasteiger partial charge on any atom is 0.422 e. The molecule has 5 nitrogen and oxygen atoms in total. The van der Waals surface area contributed by atoms with Crippen LogP contribution < -0.4 is 4.74 Å². The van der Waals surface area contributed by atoms with Crippen molar-refractivity contribution in [2.75, 3.05) is 6.61 Å². The summed E-state index contributed by atoms with van der Waals surface area (Å²) in [6, 6.07) is 0. The molecule has 90 valence electrons. The molecule has 0 radical (unpaired) electrons. The Morgan fingerprint density at radius 3 is 2.50 bits per heavy atom. The summed E-state index contributed by atoms with van der Waals surface area (Å²) >= 11 is 0. The highest BCUT2D eigenvalue weighted by molar-refractivity contribution is 5.88. The molecule has 0 aliphatic carbocycles. The van der Waals surface area contributed by atoms with E-state index in [4.69, 9.17) is 5.11 Å². The van der Waals surface area contributed by atoms with E-state index in [2.05, 4.69) is 9.84 Å². The van der Waals surface area contributed by atoms with Crippen LogP contribution in [0.5, 0.6) is 5.88 Å². The molecule has 0 saturated carbocycles. The zero-order valence-corrected chi connectivity index (χ0v) is 8.50. The SMILES string of the molecule is Cc1c(OCC(F)(F)F)nn(C)c1C(=O)O. The number of hydrogen-bond donors (Lipinski definition) is 1. The average Bonchev–Trinajstić information content (AvgIpc) is 2.36. The van der Waals surface area contributed by atoms with Gasteiger partial charge in [0, 0.05) is 12.6 Å². The number of aryl methyl sites for hydroxylation is 1. The number of aromatic carboxylic acids is 1. The van der Waals surface area contributed by atoms with Gasteiger partial charge in [-0.15, -0.1) is 5.10 Å². The molecule has 0 atom stereocenters. The highest BCUT2D eigenvalue weighted by atomic mass is 19.4. The highest BCUT2D eigenvalue weighted by Gasteiger charge is 2.30. The molecule has 0 aliphatic rings. The van der Waals surface area contributed by atoms with Crippen molar-refractivity contribution in [2.24, 2.45) is 7.05 Å². The Labute approximate surface area is 88.4 Å². The van der Waals surface area contributed by atoms with E-state index in [0.717, 1.165) is 4.68 Å². The van der Waals surface area contributed by atoms with E-state index in [1.807, 2.05) is 0 Å². The number of carboxylic acids is 1. The summed E-state index contributed by atoms with van der Waals surface area (Å²) in [6.45, 7) is -0.161. The van der Waals surface area contributed by atoms with Crippen molar-refractivity contribution in [3.63, 3.8) is 0 Å². The van der Waals surface area contributed by atoms with E-state index in [9.17, 15) is 18.0 Å². The highest BCUT2D eigenvalue weighted by Crippen LogP contribution is 2.22. The lowest BCUT2D eigenvalue weighted by atomic mass is 10.2. The Morgan fingerprint density at radius 1 is 1.56 bits per heavy atom. The molecule has 8 heteroatoms. The Morgan fingerprint density at radius 2 is 2.12 bits per heavy atom. The predicted octanol–water partition coefficient (Wildman–Crippen LogP) is 1.37. The van der Waals surface area contributed by atoms with Crippen LogP contribution in [0.25, 0.3) is 0 Å². The Hall–Kier alpha value is -1.73. The van der Waals surface area contributed by atoms with Crippen molar-refractivity contribution in [1.82, 2.24) is 9.78 Å². The zero-order chi connectivity index (χ0) is 12.5. The molecule has 1 rings (SSSR count). The van der Waals surface area contributed by atoms with Crippen LogP contribution in [0.2, 0.25) is 0 Å². The third-order valence-electron chi connectivity index (χ3n) is 1.82. The largest absolute Gasteiger partial charge is 0.477 e. The minimum atomic E-state index is -4.48. The lowest BCUT2D eigenvalue weighted by Gasteiger charge is -2.06. The standard InChI is InChI=1S/C8H9F3N2O3/c1-4-5(7(14)15)13(2)12-6(4)16-3-8(9,10)11/h3H2,1-2H3,(H,14,15). The monoisotopic (exact) mass is 238 g/mol. The third-order valence-corrected chi connectivity index (χ3v) is 1.82. The van der Waals surface area contributed by atoms with Crippen LogP contribution in [0, 0.1) is 6.92 Å². The quantitative estimate of drug-likeness (QED) is 0.863. The molecule has 0 fully saturated rings. The average molecular weight is 238 g/mol. The van der Waals surface area contributed by atoms with Gasteiger partial charge in [0.2, 0.25) is 5.88 Å². The predicted molar refractivity (Wildman–Crippen MR) is 46.5 cm³/mol. The van der Waals surface area contributed by atoms with E-state index >= 15 is 0 Å². The van der Waals surface area contributed by atoms with Gasteiger partial charge in [0.1, 0.15) is 0 Å². The first-order valence-corrected chi connectivity index (χ1v) is 4.19. The number of hydrogen-bond acceptors (Lipinski definition) is 3. The maximum absolute atomic E-state index is 11.9. The third kappa shape index (κ3) is 2.65. The number of alkyl halides is 3. The number of rotatable bonds is 3. The second-order valence-corrected chi connectivity index (χ2v) is 3.11. The van der Waals surface area contributed by atoms with Crippen LogP contribution in [0.4, 0.5) is 13.2 Å². The van der Waals surface area contributed by atoms with Crippen molar-refractivity contribution in [2.45, 2.75) is 13.1 Å². The van der Waals surface area contributed by atoms with Crippen molar-refractivity contribution in [3.8, 4) is 5.88 Å². The molecule has 0 unspecified atom stereocenters. The molecule has 1 N–H and O–H groups in total. The topological polar surface area (TPSA) is 64.4 Å². The number of halogens is 3. The number of aromatic nitrogens is 2. The van der Waals surface area contributed by atoms with Gasteiger partial charge in [0.05, 0.1) is 0 Å². The van der Waals surface area contributed by atoms with Crippen molar-refractivity contribution >= 4 is 5.97 Å². The van der Waals surface area contributed by atoms with Gasteiger partial charge in [-0.05, 0) is 6.92 Å². The molecule has 16 heavy (non-hydrogen) atoms. The minimum Gasteiger partial charge on any atom is -0.477 e. The van der Waals surface area contributed by atoms with Gasteiger partial charge in [-0.25, -0.2) is 4.79 Å². The molecular weight excluding hydrogens is 229 g/mol. The normalized spacial score (nSPS) is 11.6. The lowest BCUT2D eigenvalue weighted by Crippen LogP contribution is -2.19. The summed E-state index contributed by atoms with van der Waals surface area (Å²) in [7, 11) is 1.32. The Kier molecular flexibility index (Phi) is 3.11. The molecule has 0 aliphatic heterocycles. The van der Waals surface area contributed by atoms with Gasteiger partial charge in [0.15, 0.2) is 12.3 Å². The van der Waals surface area contributed by atoms with Crippen LogP contribution in [-0.2, 0) is 7.05 Å². The smallest absolute Gasteiger partial charge is 0.422 e. The minimum absolute atomic E-state index is 0.0688. The summed E-state index contributed by atoms with van der Waals surface area (Å²) in [4.78, 5) is 10.7. The van der Waals surface area contributed by atoms with E-state index in [1.165, 1.54) is 14.0 Å². The van der Waals surface area contributed by atoms with Crippen LogP contribution in [0.15, 0.2) is 0 Å². The van der Waals surface area contributed by atoms with Crippen LogP contribution >= 0.6 is 0 Å². The summed E-state index contributed by atoms with van der Waals surface area (Å²) in [5.41, 5.74) is -0.128. The second-order valence-electron chi connectivity index (χ2n) is 3.11. The number of carbonyl (C=O) groups is 1. The maximum atomic E-state index is 11.9. The first kappa shape index (κ1) is 12.3. The molecule has 1 heterocycles. The van der Waals surface area contributed by atoms with Crippen molar-refractivity contribution in [1.29, 1.82) is 0 Å². The molecule has 0 saturated heterocycles. The summed E-state index contributed by atoms with van der Waals surface area (Å²) < 4.78 is 40.9. The van der Waals surface area contributed by atoms with E-state index < -0.39 is 18.8 Å². The van der Waals surface area contributed by atoms with Crippen LogP contribution in [-0.4, -0.2) is 33.6 Å². The van der Waals surface area contributed by atoms with Crippen molar-refractivity contribution < 1.29 is 27.8 Å². The van der Waals surface area contributed by atoms with Crippen LogP contribution in [0.3, 0.4) is 0 Å². The van der Waals surface area contributed by atoms with Gasteiger partial charge >= 0.3 is 12.1 Å². The summed E-state index contributed by atoms with van der Waals surface area (Å²) in [5, 5.41) is 12.3. The van der Waals surface area contributed by atoms with Crippen molar-refractivity contribution in [3.05, 3.63) is 11.3 Å². The number of carboxylic acid groups (broad SMARTS) is 1. The van der Waals surface area contributed by atoms with E-state index in [0.29, 0.717) is 0 Å².